The normalized spacial score (nSPS) is 19.3. The van der Waals surface area contributed by atoms with Gasteiger partial charge in [0.15, 0.2) is 4.34 Å². The van der Waals surface area contributed by atoms with Crippen molar-refractivity contribution in [3.05, 3.63) is 55.6 Å². The van der Waals surface area contributed by atoms with Gasteiger partial charge in [-0.2, -0.15) is 0 Å². The third kappa shape index (κ3) is 4.84. The number of carbonyl (C=O) groups is 3. The monoisotopic (exact) mass is 520 g/mol. The molecular formula is C21H20N4O8S2. The number of hydrogen-bond acceptors (Lipinski definition) is 11. The summed E-state index contributed by atoms with van der Waals surface area (Å²) in [4.78, 5) is 49.1. The lowest BCUT2D eigenvalue weighted by Gasteiger charge is -2.49. The summed E-state index contributed by atoms with van der Waals surface area (Å²) < 4.78 is 11.1. The number of hydrogen-bond donors (Lipinski definition) is 1. The highest BCUT2D eigenvalue weighted by Gasteiger charge is 2.61. The maximum Gasteiger partial charge on any atom is 0.509 e. The zero-order valence-electron chi connectivity index (χ0n) is 18.8. The van der Waals surface area contributed by atoms with Gasteiger partial charge in [-0.25, -0.2) is 9.59 Å². The quantitative estimate of drug-likeness (QED) is 0.234. The van der Waals surface area contributed by atoms with Gasteiger partial charge in [0.05, 0.1) is 16.9 Å². The molecule has 1 aromatic carbocycles. The summed E-state index contributed by atoms with van der Waals surface area (Å²) in [6.07, 6.45) is -0.727. The number of aromatic nitrogens is 2. The molecule has 0 radical (unpaired) electrons. The topological polar surface area (TPSA) is 162 Å². The van der Waals surface area contributed by atoms with Gasteiger partial charge in [0.25, 0.3) is 5.69 Å². The van der Waals surface area contributed by atoms with Crippen LogP contribution in [0, 0.1) is 23.0 Å². The molecule has 2 aliphatic rings. The number of β-lactam (4-membered cyclic amide) rings is 1. The fraction of sp³-hybridized carbons (Fsp3) is 0.381. The number of rotatable bonds is 8. The molecule has 1 amide bonds. The van der Waals surface area contributed by atoms with E-state index in [2.05, 4.69) is 10.2 Å². The van der Waals surface area contributed by atoms with Crippen molar-refractivity contribution in [1.82, 2.24) is 15.1 Å². The number of amides is 1. The van der Waals surface area contributed by atoms with Crippen molar-refractivity contribution in [2.24, 2.45) is 5.92 Å². The predicted molar refractivity (Wildman–Crippen MR) is 122 cm³/mol. The van der Waals surface area contributed by atoms with Crippen LogP contribution in [-0.4, -0.2) is 54.8 Å². The van der Waals surface area contributed by atoms with Crippen LogP contribution in [-0.2, 0) is 25.7 Å². The van der Waals surface area contributed by atoms with Gasteiger partial charge in [0, 0.05) is 23.5 Å². The minimum atomic E-state index is -1.27. The molecular weight excluding hydrogens is 500 g/mol. The minimum Gasteiger partial charge on any atom is -0.477 e. The van der Waals surface area contributed by atoms with Crippen molar-refractivity contribution in [2.45, 2.75) is 49.8 Å². The van der Waals surface area contributed by atoms with E-state index in [0.29, 0.717) is 14.8 Å². The number of thioether (sulfide) groups is 1. The molecule has 2 atom stereocenters. The Morgan fingerprint density at radius 1 is 1.31 bits per heavy atom. The maximum absolute atomic E-state index is 13.0. The molecule has 0 unspecified atom stereocenters. The Morgan fingerprint density at radius 2 is 2.00 bits per heavy atom. The smallest absolute Gasteiger partial charge is 0.477 e. The van der Waals surface area contributed by atoms with Crippen LogP contribution in [0.25, 0.3) is 0 Å². The molecule has 4 rings (SSSR count). The second-order valence-electron chi connectivity index (χ2n) is 8.39. The first kappa shape index (κ1) is 24.6. The molecule has 1 fully saturated rings. The number of fused-ring (bicyclic) bond motifs is 1. The van der Waals surface area contributed by atoms with Gasteiger partial charge in [0.2, 0.25) is 5.91 Å². The van der Waals surface area contributed by atoms with Gasteiger partial charge in [0.1, 0.15) is 22.9 Å². The lowest BCUT2D eigenvalue weighted by molar-refractivity contribution is -0.384. The highest BCUT2D eigenvalue weighted by atomic mass is 32.2. The number of aryl methyl sites for hydroxylation is 1. The highest BCUT2D eigenvalue weighted by Crippen LogP contribution is 2.51. The van der Waals surface area contributed by atoms with Crippen molar-refractivity contribution in [3.8, 4) is 0 Å². The molecule has 0 spiro atoms. The number of non-ortho nitro benzene ring substituents is 1. The Labute approximate surface area is 207 Å². The second kappa shape index (κ2) is 9.26. The second-order valence-corrected chi connectivity index (χ2v) is 10.9. The maximum atomic E-state index is 13.0. The van der Waals surface area contributed by atoms with Crippen LogP contribution < -0.4 is 0 Å². The molecule has 35 heavy (non-hydrogen) atoms. The molecule has 2 aliphatic heterocycles. The Hall–Kier alpha value is -3.52. The zero-order valence-corrected chi connectivity index (χ0v) is 20.4. The molecule has 12 nitrogen and oxygen atoms in total. The molecule has 0 aliphatic carbocycles. The third-order valence-corrected chi connectivity index (χ3v) is 7.64. The molecule has 1 aromatic heterocycles. The van der Waals surface area contributed by atoms with E-state index in [4.69, 9.17) is 9.47 Å². The molecule has 2 aromatic rings. The van der Waals surface area contributed by atoms with Crippen LogP contribution in [0.2, 0.25) is 0 Å². The predicted octanol–water partition coefficient (Wildman–Crippen LogP) is 3.51. The number of carboxylic acid groups (broad SMARTS) is 1. The van der Waals surface area contributed by atoms with E-state index in [0.717, 1.165) is 5.01 Å². The van der Waals surface area contributed by atoms with Crippen LogP contribution in [0.15, 0.2) is 39.2 Å². The van der Waals surface area contributed by atoms with Crippen LogP contribution in [0.5, 0.6) is 0 Å². The Bertz CT molecular complexity index is 1240. The van der Waals surface area contributed by atoms with Gasteiger partial charge in [-0.15, -0.1) is 10.2 Å². The number of carbonyl (C=O) groups excluding carboxylic acids is 2. The number of nitro groups is 1. The van der Waals surface area contributed by atoms with Crippen molar-refractivity contribution >= 4 is 46.8 Å². The summed E-state index contributed by atoms with van der Waals surface area (Å²) in [6.45, 7) is 4.75. The number of nitrogens with zero attached hydrogens (tertiary/aromatic N) is 4. The lowest BCUT2D eigenvalue weighted by atomic mass is 9.76. The molecule has 184 valence electrons. The average Bonchev–Trinajstić information content (AvgIpc) is 3.32. The molecule has 0 saturated carbocycles. The summed E-state index contributed by atoms with van der Waals surface area (Å²) in [6, 6.07) is 5.02. The Morgan fingerprint density at radius 3 is 2.57 bits per heavy atom. The first-order valence-electron chi connectivity index (χ1n) is 10.3. The first-order chi connectivity index (χ1) is 16.5. The summed E-state index contributed by atoms with van der Waals surface area (Å²) in [5, 5.41) is 29.1. The number of aliphatic carboxylic acids is 1. The summed E-state index contributed by atoms with van der Waals surface area (Å²) in [5.41, 5.74) is -0.926. The van der Waals surface area contributed by atoms with E-state index in [-0.39, 0.29) is 24.4 Å². The average molecular weight is 521 g/mol. The first-order valence-corrected chi connectivity index (χ1v) is 12.0. The summed E-state index contributed by atoms with van der Waals surface area (Å²) in [7, 11) is 0. The van der Waals surface area contributed by atoms with E-state index in [1.54, 1.807) is 20.8 Å². The van der Waals surface area contributed by atoms with Crippen LogP contribution >= 0.6 is 23.1 Å². The van der Waals surface area contributed by atoms with Gasteiger partial charge in [-0.05, 0) is 38.5 Å². The Balaban J connectivity index is 1.40. The minimum absolute atomic E-state index is 0.0878. The lowest BCUT2D eigenvalue weighted by Crippen LogP contribution is -2.66. The SMILES string of the molecule is Cc1nnc(SC2=C(C(=O)O)N3C(=O)[C@@H](C(C)(C)OC(=O)OCc4ccc([N+](=O)[O-])cc4)[C@H]3C2)s1. The standard InChI is InChI=1S/C21H20N4O8S2/c1-10-22-23-19(34-10)35-14-8-13-15(17(26)24(13)16(14)18(27)28)21(2,3)33-20(29)32-9-11-4-6-12(7-5-11)25(30)31/h4-7,13,15H,8-9H2,1-3H3,(H,27,28)/t13-,15+/m1/s1. The number of carboxylic acids is 1. The van der Waals surface area contributed by atoms with Gasteiger partial charge in [-0.1, -0.05) is 23.1 Å². The van der Waals surface area contributed by atoms with E-state index < -0.39 is 40.5 Å². The van der Waals surface area contributed by atoms with E-state index in [9.17, 15) is 29.6 Å². The van der Waals surface area contributed by atoms with Gasteiger partial charge < -0.3 is 19.5 Å². The summed E-state index contributed by atoms with van der Waals surface area (Å²) >= 11 is 2.49. The molecule has 3 heterocycles. The number of ether oxygens (including phenoxy) is 2. The van der Waals surface area contributed by atoms with Crippen molar-refractivity contribution in [1.29, 1.82) is 0 Å². The number of nitro benzene ring substituents is 1. The fourth-order valence-electron chi connectivity index (χ4n) is 4.11. The van der Waals surface area contributed by atoms with Crippen LogP contribution in [0.1, 0.15) is 30.8 Å². The van der Waals surface area contributed by atoms with Crippen LogP contribution in [0.3, 0.4) is 0 Å². The number of benzene rings is 1. The van der Waals surface area contributed by atoms with Crippen molar-refractivity contribution < 1.29 is 33.9 Å². The van der Waals surface area contributed by atoms with Crippen molar-refractivity contribution in [3.63, 3.8) is 0 Å². The van der Waals surface area contributed by atoms with E-state index in [1.165, 1.54) is 52.3 Å². The largest absolute Gasteiger partial charge is 0.509 e. The van der Waals surface area contributed by atoms with E-state index in [1.807, 2.05) is 0 Å². The summed E-state index contributed by atoms with van der Waals surface area (Å²) in [5.74, 6) is -2.44. The highest BCUT2D eigenvalue weighted by molar-refractivity contribution is 8.04. The Kier molecular flexibility index (Phi) is 6.51. The third-order valence-electron chi connectivity index (χ3n) is 5.64. The molecule has 1 N–H and O–H groups in total. The molecule has 0 bridgehead atoms. The van der Waals surface area contributed by atoms with Gasteiger partial charge in [-0.3, -0.25) is 14.9 Å². The fourth-order valence-corrected chi connectivity index (χ4v) is 6.19. The molecule has 1 saturated heterocycles. The van der Waals surface area contributed by atoms with E-state index >= 15 is 0 Å². The molecule has 14 heteroatoms. The zero-order chi connectivity index (χ0) is 25.5. The van der Waals surface area contributed by atoms with Gasteiger partial charge >= 0.3 is 12.1 Å². The van der Waals surface area contributed by atoms with Crippen molar-refractivity contribution in [2.75, 3.05) is 0 Å². The van der Waals surface area contributed by atoms with Crippen LogP contribution in [0.4, 0.5) is 10.5 Å².